The van der Waals surface area contributed by atoms with Gasteiger partial charge >= 0.3 is 0 Å². The Labute approximate surface area is 124 Å². The fourth-order valence-electron chi connectivity index (χ4n) is 2.20. The van der Waals surface area contributed by atoms with Crippen LogP contribution in [0.3, 0.4) is 0 Å². The van der Waals surface area contributed by atoms with Gasteiger partial charge in [0.15, 0.2) is 0 Å². The number of rotatable bonds is 5. The molecule has 3 heteroatoms. The highest BCUT2D eigenvalue weighted by molar-refractivity contribution is 5.80. The maximum absolute atomic E-state index is 5.85. The van der Waals surface area contributed by atoms with Gasteiger partial charge in [-0.05, 0) is 48.4 Å². The van der Waals surface area contributed by atoms with Crippen LogP contribution in [0, 0.1) is 0 Å². The molecule has 1 heterocycles. The summed E-state index contributed by atoms with van der Waals surface area (Å²) in [5.41, 5.74) is 2.14. The molecule has 0 aliphatic carbocycles. The molecule has 0 amide bonds. The van der Waals surface area contributed by atoms with E-state index in [4.69, 9.17) is 9.47 Å². The lowest BCUT2D eigenvalue weighted by molar-refractivity contribution is 0.202. The number of benzene rings is 2. The smallest absolute Gasteiger partial charge is 0.128 e. The van der Waals surface area contributed by atoms with Crippen LogP contribution in [0.2, 0.25) is 0 Å². The molecule has 1 aromatic heterocycles. The molecule has 0 aliphatic heterocycles. The molecule has 0 spiro atoms. The predicted octanol–water partition coefficient (Wildman–Crippen LogP) is 4.22. The van der Waals surface area contributed by atoms with Crippen molar-refractivity contribution in [3.63, 3.8) is 0 Å². The molecule has 3 rings (SSSR count). The van der Waals surface area contributed by atoms with E-state index in [1.807, 2.05) is 54.7 Å². The van der Waals surface area contributed by atoms with Gasteiger partial charge in [-0.1, -0.05) is 18.2 Å². The van der Waals surface area contributed by atoms with Crippen molar-refractivity contribution in [3.05, 3.63) is 66.4 Å². The molecule has 0 unspecified atom stereocenters. The van der Waals surface area contributed by atoms with Crippen LogP contribution >= 0.6 is 0 Å². The number of para-hydroxylation sites is 1. The van der Waals surface area contributed by atoms with E-state index in [0.29, 0.717) is 6.61 Å². The summed E-state index contributed by atoms with van der Waals surface area (Å²) in [6, 6.07) is 17.9. The SMILES string of the molecule is COCCc1cnc2ccc(Oc3ccccc3)cc2c1. The number of nitrogens with zero attached hydrogens (tertiary/aromatic N) is 1. The topological polar surface area (TPSA) is 31.4 Å². The third-order valence-corrected chi connectivity index (χ3v) is 3.28. The minimum atomic E-state index is 0.702. The van der Waals surface area contributed by atoms with Gasteiger partial charge in [0.05, 0.1) is 12.1 Å². The fraction of sp³-hybridized carbons (Fsp3) is 0.167. The lowest BCUT2D eigenvalue weighted by Gasteiger charge is -2.07. The molecular weight excluding hydrogens is 262 g/mol. The Bertz CT molecular complexity index is 726. The molecule has 0 atom stereocenters. The van der Waals surface area contributed by atoms with E-state index in [-0.39, 0.29) is 0 Å². The van der Waals surface area contributed by atoms with Gasteiger partial charge in [0.1, 0.15) is 11.5 Å². The number of methoxy groups -OCH3 is 1. The molecule has 106 valence electrons. The van der Waals surface area contributed by atoms with E-state index >= 15 is 0 Å². The second-order valence-electron chi connectivity index (χ2n) is 4.86. The summed E-state index contributed by atoms with van der Waals surface area (Å²) < 4.78 is 11.0. The van der Waals surface area contributed by atoms with E-state index in [1.165, 1.54) is 5.56 Å². The van der Waals surface area contributed by atoms with Crippen LogP contribution in [-0.2, 0) is 11.2 Å². The molecule has 2 aromatic carbocycles. The summed E-state index contributed by atoms with van der Waals surface area (Å²) in [6.07, 6.45) is 2.77. The summed E-state index contributed by atoms with van der Waals surface area (Å²) in [5.74, 6) is 1.65. The standard InChI is InChI=1S/C18H17NO2/c1-20-10-9-14-11-15-12-17(7-8-18(15)19-13-14)21-16-5-3-2-4-6-16/h2-8,11-13H,9-10H2,1H3. The molecular formula is C18H17NO2. The van der Waals surface area contributed by atoms with E-state index in [2.05, 4.69) is 11.1 Å². The second-order valence-corrected chi connectivity index (χ2v) is 4.86. The van der Waals surface area contributed by atoms with E-state index in [9.17, 15) is 0 Å². The summed E-state index contributed by atoms with van der Waals surface area (Å²) in [4.78, 5) is 4.47. The van der Waals surface area contributed by atoms with Crippen LogP contribution in [0.15, 0.2) is 60.8 Å². The third-order valence-electron chi connectivity index (χ3n) is 3.28. The van der Waals surface area contributed by atoms with Crippen LogP contribution in [0.4, 0.5) is 0 Å². The van der Waals surface area contributed by atoms with Crippen molar-refractivity contribution in [2.24, 2.45) is 0 Å². The Kier molecular flexibility index (Phi) is 4.12. The van der Waals surface area contributed by atoms with Crippen LogP contribution in [0.25, 0.3) is 10.9 Å². The lowest BCUT2D eigenvalue weighted by atomic mass is 10.1. The van der Waals surface area contributed by atoms with Crippen LogP contribution in [-0.4, -0.2) is 18.7 Å². The molecule has 3 nitrogen and oxygen atoms in total. The molecule has 0 N–H and O–H groups in total. The Morgan fingerprint density at radius 2 is 1.81 bits per heavy atom. The van der Waals surface area contributed by atoms with Crippen molar-refractivity contribution in [3.8, 4) is 11.5 Å². The molecule has 0 saturated heterocycles. The Morgan fingerprint density at radius 1 is 0.952 bits per heavy atom. The number of ether oxygens (including phenoxy) is 2. The monoisotopic (exact) mass is 279 g/mol. The number of aromatic nitrogens is 1. The Hall–Kier alpha value is -2.39. The highest BCUT2D eigenvalue weighted by Gasteiger charge is 2.02. The van der Waals surface area contributed by atoms with Crippen LogP contribution < -0.4 is 4.74 Å². The quantitative estimate of drug-likeness (QED) is 0.701. The van der Waals surface area contributed by atoms with Gasteiger partial charge in [-0.2, -0.15) is 0 Å². The highest BCUT2D eigenvalue weighted by Crippen LogP contribution is 2.25. The van der Waals surface area contributed by atoms with Crippen molar-refractivity contribution >= 4 is 10.9 Å². The van der Waals surface area contributed by atoms with Crippen molar-refractivity contribution in [2.75, 3.05) is 13.7 Å². The molecule has 21 heavy (non-hydrogen) atoms. The zero-order valence-corrected chi connectivity index (χ0v) is 12.0. The largest absolute Gasteiger partial charge is 0.457 e. The van der Waals surface area contributed by atoms with E-state index < -0.39 is 0 Å². The van der Waals surface area contributed by atoms with Gasteiger partial charge in [-0.15, -0.1) is 0 Å². The van der Waals surface area contributed by atoms with Gasteiger partial charge in [0.2, 0.25) is 0 Å². The first kappa shape index (κ1) is 13.6. The minimum Gasteiger partial charge on any atom is -0.457 e. The van der Waals surface area contributed by atoms with Crippen molar-refractivity contribution in [1.82, 2.24) is 4.98 Å². The van der Waals surface area contributed by atoms with Gasteiger partial charge in [0.25, 0.3) is 0 Å². The average Bonchev–Trinajstić information content (AvgIpc) is 2.53. The summed E-state index contributed by atoms with van der Waals surface area (Å²) >= 11 is 0. The molecule has 0 radical (unpaired) electrons. The van der Waals surface area contributed by atoms with Crippen molar-refractivity contribution in [1.29, 1.82) is 0 Å². The molecule has 0 saturated carbocycles. The first-order valence-electron chi connectivity index (χ1n) is 6.96. The zero-order chi connectivity index (χ0) is 14.5. The summed E-state index contributed by atoms with van der Waals surface area (Å²) in [5, 5.41) is 1.08. The average molecular weight is 279 g/mol. The molecule has 0 bridgehead atoms. The molecule has 3 aromatic rings. The van der Waals surface area contributed by atoms with Gasteiger partial charge in [-0.3, -0.25) is 4.98 Å². The van der Waals surface area contributed by atoms with Gasteiger partial charge in [0, 0.05) is 18.7 Å². The van der Waals surface area contributed by atoms with E-state index in [1.54, 1.807) is 7.11 Å². The van der Waals surface area contributed by atoms with Crippen LogP contribution in [0.1, 0.15) is 5.56 Å². The number of hydrogen-bond acceptors (Lipinski definition) is 3. The lowest BCUT2D eigenvalue weighted by Crippen LogP contribution is -1.95. The Morgan fingerprint density at radius 3 is 2.62 bits per heavy atom. The number of hydrogen-bond donors (Lipinski definition) is 0. The summed E-state index contributed by atoms with van der Waals surface area (Å²) in [6.45, 7) is 0.702. The van der Waals surface area contributed by atoms with Crippen molar-refractivity contribution in [2.45, 2.75) is 6.42 Å². The maximum atomic E-state index is 5.85. The minimum absolute atomic E-state index is 0.702. The first-order chi connectivity index (χ1) is 10.3. The van der Waals surface area contributed by atoms with Crippen molar-refractivity contribution < 1.29 is 9.47 Å². The van der Waals surface area contributed by atoms with Crippen LogP contribution in [0.5, 0.6) is 11.5 Å². The number of fused-ring (bicyclic) bond motifs is 1. The zero-order valence-electron chi connectivity index (χ0n) is 12.0. The molecule has 0 fully saturated rings. The van der Waals surface area contributed by atoms with E-state index in [0.717, 1.165) is 28.8 Å². The highest BCUT2D eigenvalue weighted by atomic mass is 16.5. The second kappa shape index (κ2) is 6.37. The Balaban J connectivity index is 1.87. The summed E-state index contributed by atoms with van der Waals surface area (Å²) in [7, 11) is 1.71. The normalized spacial score (nSPS) is 10.7. The van der Waals surface area contributed by atoms with Gasteiger partial charge < -0.3 is 9.47 Å². The number of pyridine rings is 1. The van der Waals surface area contributed by atoms with Gasteiger partial charge in [-0.25, -0.2) is 0 Å². The first-order valence-corrected chi connectivity index (χ1v) is 6.96. The fourth-order valence-corrected chi connectivity index (χ4v) is 2.20. The maximum Gasteiger partial charge on any atom is 0.128 e. The molecule has 0 aliphatic rings. The predicted molar refractivity (Wildman–Crippen MR) is 83.8 cm³/mol. The third kappa shape index (κ3) is 3.38.